The first-order valence-corrected chi connectivity index (χ1v) is 7.56. The van der Waals surface area contributed by atoms with Crippen molar-refractivity contribution in [3.63, 3.8) is 0 Å². The van der Waals surface area contributed by atoms with Crippen molar-refractivity contribution in [2.75, 3.05) is 7.11 Å². The van der Waals surface area contributed by atoms with Gasteiger partial charge in [0, 0.05) is 11.6 Å². The second kappa shape index (κ2) is 7.39. The van der Waals surface area contributed by atoms with E-state index < -0.39 is 5.97 Å². The van der Waals surface area contributed by atoms with Gasteiger partial charge >= 0.3 is 5.97 Å². The Labute approximate surface area is 144 Å². The molecule has 0 aliphatic carbocycles. The van der Waals surface area contributed by atoms with Gasteiger partial charge in [0.2, 0.25) is 5.82 Å². The molecule has 3 aromatic rings. The van der Waals surface area contributed by atoms with E-state index >= 15 is 0 Å². The minimum absolute atomic E-state index is 0.485. The first kappa shape index (κ1) is 16.4. The van der Waals surface area contributed by atoms with Gasteiger partial charge in [-0.3, -0.25) is 0 Å². The summed E-state index contributed by atoms with van der Waals surface area (Å²) < 4.78 is 5.13. The molecule has 0 unspecified atom stereocenters. The van der Waals surface area contributed by atoms with E-state index in [1.807, 2.05) is 48.5 Å². The topological polar surface area (TPSA) is 90.1 Å². The molecule has 0 saturated carbocycles. The molecule has 126 valence electrons. The zero-order valence-electron chi connectivity index (χ0n) is 13.5. The Kier molecular flexibility index (Phi) is 4.84. The third-order valence-corrected chi connectivity index (χ3v) is 3.50. The Bertz CT molecular complexity index is 901. The van der Waals surface area contributed by atoms with Crippen LogP contribution in [0.1, 0.15) is 11.1 Å². The van der Waals surface area contributed by atoms with Crippen LogP contribution in [-0.4, -0.2) is 38.4 Å². The normalized spacial score (nSPS) is 10.9. The van der Waals surface area contributed by atoms with Crippen molar-refractivity contribution < 1.29 is 14.6 Å². The van der Waals surface area contributed by atoms with Crippen molar-refractivity contribution in [3.8, 4) is 17.1 Å². The average Bonchev–Trinajstić information content (AvgIpc) is 3.09. The lowest BCUT2D eigenvalue weighted by atomic mass is 10.1. The quantitative estimate of drug-likeness (QED) is 0.696. The highest BCUT2D eigenvalue weighted by Gasteiger charge is 2.07. The summed E-state index contributed by atoms with van der Waals surface area (Å²) in [6.45, 7) is 0.496. The predicted octanol–water partition coefficient (Wildman–Crippen LogP) is 2.49. The van der Waals surface area contributed by atoms with Crippen molar-refractivity contribution in [1.29, 1.82) is 0 Å². The van der Waals surface area contributed by atoms with Gasteiger partial charge in [0.15, 0.2) is 0 Å². The fourth-order valence-corrected chi connectivity index (χ4v) is 2.27. The molecule has 1 N–H and O–H groups in total. The maximum absolute atomic E-state index is 10.6. The van der Waals surface area contributed by atoms with Gasteiger partial charge in [0.25, 0.3) is 0 Å². The maximum Gasteiger partial charge on any atom is 0.328 e. The molecule has 2 aromatic carbocycles. The molecular weight excluding hydrogens is 320 g/mol. The van der Waals surface area contributed by atoms with Crippen molar-refractivity contribution in [3.05, 3.63) is 65.7 Å². The van der Waals surface area contributed by atoms with Crippen LogP contribution in [0.25, 0.3) is 17.5 Å². The highest BCUT2D eigenvalue weighted by Crippen LogP contribution is 2.17. The third-order valence-electron chi connectivity index (χ3n) is 3.50. The van der Waals surface area contributed by atoms with Gasteiger partial charge in [-0.05, 0) is 40.6 Å². The van der Waals surface area contributed by atoms with Crippen molar-refractivity contribution in [2.45, 2.75) is 6.54 Å². The summed E-state index contributed by atoms with van der Waals surface area (Å²) in [4.78, 5) is 12.1. The molecule has 0 saturated heterocycles. The third kappa shape index (κ3) is 4.29. The van der Waals surface area contributed by atoms with Gasteiger partial charge in [-0.2, -0.15) is 4.80 Å². The first-order valence-electron chi connectivity index (χ1n) is 7.56. The number of methoxy groups -OCH3 is 1. The number of benzene rings is 2. The number of carbonyl (C=O) groups is 1. The number of nitrogens with zero attached hydrogens (tertiary/aromatic N) is 4. The van der Waals surface area contributed by atoms with Crippen LogP contribution in [-0.2, 0) is 11.3 Å². The number of carboxylic acid groups (broad SMARTS) is 1. The van der Waals surface area contributed by atoms with Crippen LogP contribution in [0.15, 0.2) is 54.6 Å². The Hall–Kier alpha value is -3.48. The predicted molar refractivity (Wildman–Crippen MR) is 92.0 cm³/mol. The number of aliphatic carboxylic acids is 1. The summed E-state index contributed by atoms with van der Waals surface area (Å²) in [7, 11) is 1.63. The van der Waals surface area contributed by atoms with Gasteiger partial charge in [0.05, 0.1) is 13.7 Å². The molecule has 0 amide bonds. The summed E-state index contributed by atoms with van der Waals surface area (Å²) in [6.07, 6.45) is 2.61. The number of hydrogen-bond acceptors (Lipinski definition) is 5. The fourth-order valence-electron chi connectivity index (χ4n) is 2.27. The van der Waals surface area contributed by atoms with Crippen LogP contribution >= 0.6 is 0 Å². The lowest BCUT2D eigenvalue weighted by Gasteiger charge is -2.02. The molecule has 1 heterocycles. The van der Waals surface area contributed by atoms with Crippen molar-refractivity contribution >= 4 is 12.0 Å². The first-order chi connectivity index (χ1) is 12.1. The Morgan fingerprint density at radius 1 is 1.24 bits per heavy atom. The summed E-state index contributed by atoms with van der Waals surface area (Å²) in [5.41, 5.74) is 2.56. The molecule has 0 aliphatic heterocycles. The summed E-state index contributed by atoms with van der Waals surface area (Å²) in [5, 5.41) is 21.2. The molecule has 0 bridgehead atoms. The molecule has 25 heavy (non-hydrogen) atoms. The lowest BCUT2D eigenvalue weighted by molar-refractivity contribution is -0.131. The molecule has 7 heteroatoms. The second-order valence-corrected chi connectivity index (χ2v) is 5.29. The van der Waals surface area contributed by atoms with Crippen LogP contribution in [0.2, 0.25) is 0 Å². The van der Waals surface area contributed by atoms with E-state index in [2.05, 4.69) is 15.4 Å². The zero-order valence-corrected chi connectivity index (χ0v) is 13.5. The number of carboxylic acids is 1. The molecule has 3 rings (SSSR count). The largest absolute Gasteiger partial charge is 0.497 e. The van der Waals surface area contributed by atoms with Gasteiger partial charge in [-0.15, -0.1) is 10.2 Å². The van der Waals surface area contributed by atoms with Crippen LogP contribution in [0, 0.1) is 0 Å². The molecule has 0 spiro atoms. The van der Waals surface area contributed by atoms with E-state index in [0.717, 1.165) is 28.5 Å². The zero-order chi connectivity index (χ0) is 17.6. The number of hydrogen-bond donors (Lipinski definition) is 1. The van der Waals surface area contributed by atoms with Gasteiger partial charge in [-0.25, -0.2) is 4.79 Å². The van der Waals surface area contributed by atoms with Crippen molar-refractivity contribution in [2.24, 2.45) is 0 Å². The minimum atomic E-state index is -0.992. The molecule has 0 aliphatic rings. The summed E-state index contributed by atoms with van der Waals surface area (Å²) in [6, 6.07) is 14.9. The number of rotatable bonds is 6. The van der Waals surface area contributed by atoms with Gasteiger partial charge in [-0.1, -0.05) is 30.3 Å². The van der Waals surface area contributed by atoms with E-state index in [4.69, 9.17) is 9.84 Å². The SMILES string of the molecule is COc1ccc(Cn2nnc(-c3cccc(/C=C\C(=O)O)c3)n2)cc1. The Morgan fingerprint density at radius 3 is 2.76 bits per heavy atom. The molecule has 7 nitrogen and oxygen atoms in total. The molecule has 0 fully saturated rings. The van der Waals surface area contributed by atoms with Gasteiger partial charge < -0.3 is 9.84 Å². The number of aromatic nitrogens is 4. The maximum atomic E-state index is 10.6. The average molecular weight is 336 g/mol. The highest BCUT2D eigenvalue weighted by molar-refractivity contribution is 5.85. The van der Waals surface area contributed by atoms with Crippen LogP contribution in [0.5, 0.6) is 5.75 Å². The van der Waals surface area contributed by atoms with Gasteiger partial charge in [0.1, 0.15) is 5.75 Å². The van der Waals surface area contributed by atoms with E-state index in [0.29, 0.717) is 12.4 Å². The minimum Gasteiger partial charge on any atom is -0.497 e. The Morgan fingerprint density at radius 2 is 2.04 bits per heavy atom. The second-order valence-electron chi connectivity index (χ2n) is 5.29. The molecule has 0 radical (unpaired) electrons. The van der Waals surface area contributed by atoms with Crippen LogP contribution in [0.4, 0.5) is 0 Å². The standard InChI is InChI=1S/C18H16N4O3/c1-25-16-8-5-14(6-9-16)12-22-20-18(19-21-22)15-4-2-3-13(11-15)7-10-17(23)24/h2-11H,12H2,1H3,(H,23,24)/b10-7-. The van der Waals surface area contributed by atoms with E-state index in [-0.39, 0.29) is 0 Å². The highest BCUT2D eigenvalue weighted by atomic mass is 16.5. The molecular formula is C18H16N4O3. The summed E-state index contributed by atoms with van der Waals surface area (Å²) >= 11 is 0. The van der Waals surface area contributed by atoms with Crippen LogP contribution < -0.4 is 4.74 Å². The van der Waals surface area contributed by atoms with Crippen LogP contribution in [0.3, 0.4) is 0 Å². The van der Waals surface area contributed by atoms with E-state index in [1.54, 1.807) is 7.11 Å². The molecule has 1 aromatic heterocycles. The smallest absolute Gasteiger partial charge is 0.328 e. The number of ether oxygens (including phenoxy) is 1. The summed E-state index contributed by atoms with van der Waals surface area (Å²) in [5.74, 6) is 0.287. The Balaban J connectivity index is 1.76. The lowest BCUT2D eigenvalue weighted by Crippen LogP contribution is -2.03. The van der Waals surface area contributed by atoms with Crippen molar-refractivity contribution in [1.82, 2.24) is 20.2 Å². The monoisotopic (exact) mass is 336 g/mol. The molecule has 0 atom stereocenters. The number of tetrazole rings is 1. The fraction of sp³-hybridized carbons (Fsp3) is 0.111. The van der Waals surface area contributed by atoms with E-state index in [1.165, 1.54) is 10.9 Å². The van der Waals surface area contributed by atoms with E-state index in [9.17, 15) is 4.79 Å².